The van der Waals surface area contributed by atoms with Gasteiger partial charge in [0.05, 0.1) is 6.54 Å². The molecule has 3 rings (SSSR count). The summed E-state index contributed by atoms with van der Waals surface area (Å²) >= 11 is 5.86. The number of nitrogens with one attached hydrogen (secondary N) is 2. The molecule has 0 radical (unpaired) electrons. The number of nitrogens with two attached hydrogens (primary N) is 3. The lowest BCUT2D eigenvalue weighted by Crippen LogP contribution is -2.41. The standard InChI is InChI=1S/C23H27ClF3N9O5/c1-3-35-13-5-4-12(40-10-15(37)31-7-6-28)8-14(13)36(11(2)41-22(39)23(25,26)27)16(35)9-32-21(38)17-19(29)34-20(30)18(24)33-17/h4-5,8,11H,3,6-7,9-10,28H2,1-2H3,(H5-,29,30,31,32,34,37,38)/p+1. The molecule has 14 nitrogen and oxygen atoms in total. The molecule has 0 aliphatic rings. The number of carbonyl (C=O) groups excluding carboxylic acids is 3. The van der Waals surface area contributed by atoms with Crippen molar-refractivity contribution in [1.29, 1.82) is 0 Å². The van der Waals surface area contributed by atoms with E-state index in [1.165, 1.54) is 17.6 Å². The number of nitrogen functional groups attached to an aromatic ring is 2. The molecule has 3 aromatic rings. The van der Waals surface area contributed by atoms with Crippen molar-refractivity contribution in [2.75, 3.05) is 31.2 Å². The molecule has 0 saturated heterocycles. The molecule has 1 aromatic carbocycles. The molecule has 0 bridgehead atoms. The van der Waals surface area contributed by atoms with Crippen LogP contribution in [0.3, 0.4) is 0 Å². The molecular weight excluding hydrogens is 575 g/mol. The fourth-order valence-corrected chi connectivity index (χ4v) is 4.03. The van der Waals surface area contributed by atoms with Gasteiger partial charge in [0, 0.05) is 26.1 Å². The SMILES string of the molecule is CC[n+]1c(CNC(=O)c2nc(Cl)c(N)nc2N)n(C(C)OC(=O)C(F)(F)F)c2cc(OCC(=O)NCCN)ccc21. The lowest BCUT2D eigenvalue weighted by atomic mass is 10.3. The Bertz CT molecular complexity index is 1470. The molecule has 8 N–H and O–H groups in total. The number of aromatic nitrogens is 4. The maximum Gasteiger partial charge on any atom is 0.491 e. The van der Waals surface area contributed by atoms with Gasteiger partial charge in [-0.25, -0.2) is 19.3 Å². The molecule has 2 heterocycles. The number of halogens is 4. The number of hydrogen-bond acceptors (Lipinski definition) is 10. The molecular formula is C23H28ClF3N9O5+. The highest BCUT2D eigenvalue weighted by molar-refractivity contribution is 6.31. The third-order valence-corrected chi connectivity index (χ3v) is 5.92. The van der Waals surface area contributed by atoms with Gasteiger partial charge in [-0.3, -0.25) is 9.59 Å². The smallest absolute Gasteiger partial charge is 0.484 e. The van der Waals surface area contributed by atoms with Crippen LogP contribution < -0.4 is 37.1 Å². The Morgan fingerprint density at radius 3 is 2.51 bits per heavy atom. The van der Waals surface area contributed by atoms with Crippen molar-refractivity contribution in [3.8, 4) is 5.75 Å². The largest absolute Gasteiger partial charge is 0.491 e. The second-order valence-corrected chi connectivity index (χ2v) is 8.78. The Morgan fingerprint density at radius 1 is 1.17 bits per heavy atom. The lowest BCUT2D eigenvalue weighted by molar-refractivity contribution is -0.677. The second-order valence-electron chi connectivity index (χ2n) is 8.43. The van der Waals surface area contributed by atoms with E-state index < -0.39 is 30.2 Å². The van der Waals surface area contributed by atoms with Crippen LogP contribution in [0.1, 0.15) is 36.4 Å². The number of nitrogens with zero attached hydrogens (tertiary/aromatic N) is 4. The summed E-state index contributed by atoms with van der Waals surface area (Å²) in [6.07, 6.45) is -6.74. The Hall–Kier alpha value is -4.38. The third-order valence-electron chi connectivity index (χ3n) is 5.64. The van der Waals surface area contributed by atoms with E-state index in [1.54, 1.807) is 23.6 Å². The van der Waals surface area contributed by atoms with E-state index in [1.807, 2.05) is 0 Å². The maximum atomic E-state index is 13.0. The van der Waals surface area contributed by atoms with Crippen molar-refractivity contribution in [3.05, 3.63) is 34.9 Å². The summed E-state index contributed by atoms with van der Waals surface area (Å²) in [5, 5.41) is 4.86. The van der Waals surface area contributed by atoms with E-state index >= 15 is 0 Å². The molecule has 0 aliphatic heterocycles. The van der Waals surface area contributed by atoms with Gasteiger partial charge in [0.1, 0.15) is 12.3 Å². The van der Waals surface area contributed by atoms with Crippen LogP contribution in [0.2, 0.25) is 5.15 Å². The zero-order valence-electron chi connectivity index (χ0n) is 21.9. The summed E-state index contributed by atoms with van der Waals surface area (Å²) in [4.78, 5) is 44.1. The van der Waals surface area contributed by atoms with Gasteiger partial charge >= 0.3 is 12.1 Å². The molecule has 2 aromatic heterocycles. The predicted molar refractivity (Wildman–Crippen MR) is 139 cm³/mol. The average molecular weight is 603 g/mol. The van der Waals surface area contributed by atoms with E-state index in [4.69, 9.17) is 38.3 Å². The summed E-state index contributed by atoms with van der Waals surface area (Å²) in [7, 11) is 0. The number of fused-ring (bicyclic) bond motifs is 1. The first kappa shape index (κ1) is 31.2. The summed E-state index contributed by atoms with van der Waals surface area (Å²) in [5.74, 6) is -3.68. The van der Waals surface area contributed by atoms with E-state index in [2.05, 4.69) is 20.6 Å². The highest BCUT2D eigenvalue weighted by Crippen LogP contribution is 2.28. The van der Waals surface area contributed by atoms with Crippen molar-refractivity contribution < 1.29 is 41.6 Å². The fourth-order valence-electron chi connectivity index (χ4n) is 3.90. The minimum Gasteiger partial charge on any atom is -0.484 e. The normalized spacial score (nSPS) is 12.2. The molecule has 18 heteroatoms. The van der Waals surface area contributed by atoms with Gasteiger partial charge in [-0.05, 0) is 19.1 Å². The van der Waals surface area contributed by atoms with Crippen LogP contribution in [-0.2, 0) is 27.4 Å². The molecule has 0 aliphatic carbocycles. The number of benzene rings is 1. The molecule has 41 heavy (non-hydrogen) atoms. The minimum atomic E-state index is -5.25. The van der Waals surface area contributed by atoms with Crippen LogP contribution in [-0.4, -0.2) is 58.2 Å². The van der Waals surface area contributed by atoms with Gasteiger partial charge in [-0.2, -0.15) is 17.7 Å². The summed E-state index contributed by atoms with van der Waals surface area (Å²) in [6, 6.07) is 4.62. The highest BCUT2D eigenvalue weighted by atomic mass is 35.5. The highest BCUT2D eigenvalue weighted by Gasteiger charge is 2.43. The summed E-state index contributed by atoms with van der Waals surface area (Å²) in [5.41, 5.74) is 17.1. The van der Waals surface area contributed by atoms with E-state index in [0.29, 0.717) is 12.1 Å². The van der Waals surface area contributed by atoms with Gasteiger partial charge in [0.15, 0.2) is 40.1 Å². The van der Waals surface area contributed by atoms with Crippen molar-refractivity contribution in [2.24, 2.45) is 5.73 Å². The lowest BCUT2D eigenvalue weighted by Gasteiger charge is -2.15. The average Bonchev–Trinajstić information content (AvgIpc) is 3.23. The van der Waals surface area contributed by atoms with Crippen LogP contribution in [0.25, 0.3) is 11.0 Å². The first-order valence-corrected chi connectivity index (χ1v) is 12.5. The van der Waals surface area contributed by atoms with Gasteiger partial charge in [0.2, 0.25) is 6.23 Å². The number of aryl methyl sites for hydroxylation is 1. The molecule has 0 spiro atoms. The van der Waals surface area contributed by atoms with Crippen molar-refractivity contribution in [2.45, 2.75) is 39.3 Å². The first-order valence-electron chi connectivity index (χ1n) is 12.1. The zero-order chi connectivity index (χ0) is 30.5. The van der Waals surface area contributed by atoms with Crippen molar-refractivity contribution in [3.63, 3.8) is 0 Å². The number of imidazole rings is 1. The number of alkyl halides is 3. The molecule has 1 atom stereocenters. The number of rotatable bonds is 11. The Labute approximate surface area is 235 Å². The second kappa shape index (κ2) is 12.9. The van der Waals surface area contributed by atoms with Crippen LogP contribution in [0, 0.1) is 0 Å². The summed E-state index contributed by atoms with van der Waals surface area (Å²) < 4.78 is 52.3. The Morgan fingerprint density at radius 2 is 1.88 bits per heavy atom. The van der Waals surface area contributed by atoms with E-state index in [0.717, 1.165) is 0 Å². The first-order chi connectivity index (χ1) is 19.3. The number of carbonyl (C=O) groups is 3. The quantitative estimate of drug-likeness (QED) is 0.152. The molecule has 0 saturated carbocycles. The van der Waals surface area contributed by atoms with E-state index in [-0.39, 0.29) is 65.8 Å². The zero-order valence-corrected chi connectivity index (χ0v) is 22.7. The molecule has 1 unspecified atom stereocenters. The number of hydrogen-bond donors (Lipinski definition) is 5. The monoisotopic (exact) mass is 602 g/mol. The number of ether oxygens (including phenoxy) is 2. The van der Waals surface area contributed by atoms with Gasteiger partial charge in [-0.1, -0.05) is 11.6 Å². The summed E-state index contributed by atoms with van der Waals surface area (Å²) in [6.45, 7) is 3.14. The van der Waals surface area contributed by atoms with Crippen LogP contribution in [0.5, 0.6) is 5.75 Å². The van der Waals surface area contributed by atoms with Crippen LogP contribution >= 0.6 is 11.6 Å². The third kappa shape index (κ3) is 7.23. The van der Waals surface area contributed by atoms with Gasteiger partial charge in [-0.15, -0.1) is 0 Å². The van der Waals surface area contributed by atoms with Crippen LogP contribution in [0.4, 0.5) is 24.8 Å². The Kier molecular flexibility index (Phi) is 9.77. The van der Waals surface area contributed by atoms with Crippen molar-refractivity contribution in [1.82, 2.24) is 25.2 Å². The predicted octanol–water partition coefficient (Wildman–Crippen LogP) is 0.564. The maximum absolute atomic E-state index is 13.0. The Balaban J connectivity index is 2.03. The number of anilines is 2. The molecule has 222 valence electrons. The van der Waals surface area contributed by atoms with Gasteiger partial charge < -0.3 is 37.3 Å². The van der Waals surface area contributed by atoms with E-state index in [9.17, 15) is 27.6 Å². The minimum absolute atomic E-state index is 0.181. The fraction of sp³-hybridized carbons (Fsp3) is 0.391. The number of esters is 1. The topological polar surface area (TPSA) is 206 Å². The molecule has 0 fully saturated rings. The van der Waals surface area contributed by atoms with Gasteiger partial charge in [0.25, 0.3) is 17.6 Å². The molecule has 2 amide bonds. The van der Waals surface area contributed by atoms with Crippen molar-refractivity contribution >= 4 is 52.1 Å². The number of amides is 2. The van der Waals surface area contributed by atoms with Crippen LogP contribution in [0.15, 0.2) is 18.2 Å².